The molecule has 1 atom stereocenters. The number of terminal acetylenes is 1. The van der Waals surface area contributed by atoms with Crippen LogP contribution in [0.15, 0.2) is 17.1 Å². The number of rotatable bonds is 2. The van der Waals surface area contributed by atoms with Crippen molar-refractivity contribution in [1.82, 2.24) is 4.90 Å². The number of nitrogens with zero attached hydrogens (tertiary/aromatic N) is 2. The maximum Gasteiger partial charge on any atom is 0.346 e. The number of aliphatic imine (C=N–C) groups is 1. The van der Waals surface area contributed by atoms with Crippen molar-refractivity contribution < 1.29 is 18.0 Å². The summed E-state index contributed by atoms with van der Waals surface area (Å²) in [4.78, 5) is 15.9. The number of amidine groups is 1. The predicted octanol–water partition coefficient (Wildman–Crippen LogP) is 1.57. The van der Waals surface area contributed by atoms with E-state index in [4.69, 9.17) is 12.2 Å². The zero-order valence-corrected chi connectivity index (χ0v) is 9.53. The minimum Gasteiger partial charge on any atom is -0.385 e. The molecule has 0 bridgehead atoms. The molecule has 7 heteroatoms. The van der Waals surface area contributed by atoms with Gasteiger partial charge in [0.25, 0.3) is 0 Å². The lowest BCUT2D eigenvalue weighted by Crippen LogP contribution is -2.34. The van der Waals surface area contributed by atoms with Crippen molar-refractivity contribution in [2.45, 2.75) is 6.04 Å². The highest BCUT2D eigenvalue weighted by Crippen LogP contribution is 2.29. The second kappa shape index (κ2) is 4.65. The minimum absolute atomic E-state index is 0.174. The molecule has 1 aromatic rings. The first-order valence-corrected chi connectivity index (χ1v) is 5.18. The van der Waals surface area contributed by atoms with E-state index in [2.05, 4.69) is 10.9 Å². The van der Waals surface area contributed by atoms with Crippen molar-refractivity contribution in [1.29, 1.82) is 0 Å². The largest absolute Gasteiger partial charge is 0.385 e. The van der Waals surface area contributed by atoms with Crippen molar-refractivity contribution in [2.75, 3.05) is 6.54 Å². The fraction of sp³-hybridized carbons (Fsp3) is 0.167. The lowest BCUT2D eigenvalue weighted by molar-refractivity contribution is 0.213. The normalized spacial score (nSPS) is 18.4. The number of carbonyl (C=O) groups is 1. The van der Waals surface area contributed by atoms with Crippen LogP contribution in [0.2, 0.25) is 0 Å². The first kappa shape index (κ1) is 13.0. The average Bonchev–Trinajstić information content (AvgIpc) is 2.60. The Hall–Kier alpha value is -2.49. The average molecular weight is 267 g/mol. The van der Waals surface area contributed by atoms with Crippen LogP contribution in [0.4, 0.5) is 18.0 Å². The third-order valence-corrected chi connectivity index (χ3v) is 2.66. The molecule has 19 heavy (non-hydrogen) atoms. The molecule has 0 aromatic heterocycles. The first-order chi connectivity index (χ1) is 8.95. The maximum absolute atomic E-state index is 13.7. The molecule has 4 nitrogen and oxygen atoms in total. The van der Waals surface area contributed by atoms with E-state index in [1.807, 2.05) is 0 Å². The number of halogens is 3. The minimum atomic E-state index is -1.33. The molecule has 0 fully saturated rings. The van der Waals surface area contributed by atoms with Crippen LogP contribution in [-0.2, 0) is 0 Å². The number of benzene rings is 1. The molecule has 2 N–H and O–H groups in total. The summed E-state index contributed by atoms with van der Waals surface area (Å²) in [6.45, 7) is -0.174. The Bertz CT molecular complexity index is 621. The van der Waals surface area contributed by atoms with Gasteiger partial charge in [-0.2, -0.15) is 4.99 Å². The van der Waals surface area contributed by atoms with Crippen LogP contribution in [0.25, 0.3) is 0 Å². The molecule has 0 aliphatic carbocycles. The lowest BCUT2D eigenvalue weighted by atomic mass is 10.0. The molecule has 98 valence electrons. The standard InChI is InChI=1S/C12H8F3N3O/c1-2-3-18-10(11(16)17-12(18)19)6-4-8(14)9(15)5-7(6)13/h1,4-5,10H,3H2,(H2,16,17,19). The second-order valence-electron chi connectivity index (χ2n) is 3.84. The van der Waals surface area contributed by atoms with Crippen molar-refractivity contribution in [3.8, 4) is 12.3 Å². The molecule has 1 aliphatic rings. The molecular formula is C12H8F3N3O. The quantitative estimate of drug-likeness (QED) is 0.653. The van der Waals surface area contributed by atoms with Crippen molar-refractivity contribution in [3.63, 3.8) is 0 Å². The first-order valence-electron chi connectivity index (χ1n) is 5.18. The Balaban J connectivity index is 2.51. The highest BCUT2D eigenvalue weighted by atomic mass is 19.2. The lowest BCUT2D eigenvalue weighted by Gasteiger charge is -2.22. The molecule has 0 saturated carbocycles. The third-order valence-electron chi connectivity index (χ3n) is 2.66. The molecule has 0 saturated heterocycles. The van der Waals surface area contributed by atoms with Crippen LogP contribution < -0.4 is 5.73 Å². The second-order valence-corrected chi connectivity index (χ2v) is 3.84. The highest BCUT2D eigenvalue weighted by Gasteiger charge is 2.36. The Morgan fingerprint density at radius 1 is 1.32 bits per heavy atom. The molecule has 1 aliphatic heterocycles. The summed E-state index contributed by atoms with van der Waals surface area (Å²) in [7, 11) is 0. The van der Waals surface area contributed by atoms with Crippen molar-refractivity contribution in [3.05, 3.63) is 35.1 Å². The van der Waals surface area contributed by atoms with Gasteiger partial charge in [0, 0.05) is 11.6 Å². The number of hydrogen-bond acceptors (Lipinski definition) is 2. The Morgan fingerprint density at radius 3 is 2.58 bits per heavy atom. The van der Waals surface area contributed by atoms with E-state index < -0.39 is 29.5 Å². The van der Waals surface area contributed by atoms with Gasteiger partial charge in [0.2, 0.25) is 0 Å². The van der Waals surface area contributed by atoms with E-state index in [0.29, 0.717) is 12.1 Å². The zero-order valence-electron chi connectivity index (χ0n) is 9.53. The summed E-state index contributed by atoms with van der Waals surface area (Å²) >= 11 is 0. The van der Waals surface area contributed by atoms with Crippen LogP contribution in [0.3, 0.4) is 0 Å². The van der Waals surface area contributed by atoms with E-state index in [1.54, 1.807) is 0 Å². The van der Waals surface area contributed by atoms with Gasteiger partial charge in [-0.25, -0.2) is 18.0 Å². The van der Waals surface area contributed by atoms with Gasteiger partial charge in [-0.15, -0.1) is 6.42 Å². The zero-order chi connectivity index (χ0) is 14.2. The van der Waals surface area contributed by atoms with Gasteiger partial charge in [0.1, 0.15) is 17.7 Å². The number of carbonyl (C=O) groups excluding carboxylic acids is 1. The topological polar surface area (TPSA) is 58.7 Å². The molecule has 0 spiro atoms. The highest BCUT2D eigenvalue weighted by molar-refractivity contribution is 6.03. The van der Waals surface area contributed by atoms with Crippen LogP contribution in [0, 0.1) is 29.8 Å². The Kier molecular flexibility index (Phi) is 3.17. The van der Waals surface area contributed by atoms with Crippen molar-refractivity contribution >= 4 is 11.9 Å². The summed E-state index contributed by atoms with van der Waals surface area (Å²) in [5.74, 6) is -1.63. The van der Waals surface area contributed by atoms with Crippen LogP contribution in [0.1, 0.15) is 11.6 Å². The van der Waals surface area contributed by atoms with Crippen LogP contribution in [-0.4, -0.2) is 23.3 Å². The fourth-order valence-electron chi connectivity index (χ4n) is 1.84. The molecule has 0 radical (unpaired) electrons. The summed E-state index contributed by atoms with van der Waals surface area (Å²) in [6.07, 6.45) is 5.08. The Labute approximate surface area is 106 Å². The smallest absolute Gasteiger partial charge is 0.346 e. The summed E-state index contributed by atoms with van der Waals surface area (Å²) in [5, 5.41) is 0. The maximum atomic E-state index is 13.7. The summed E-state index contributed by atoms with van der Waals surface area (Å²) < 4.78 is 39.7. The number of nitrogens with two attached hydrogens (primary N) is 1. The van der Waals surface area contributed by atoms with E-state index >= 15 is 0 Å². The molecular weight excluding hydrogens is 259 g/mol. The van der Waals surface area contributed by atoms with E-state index in [-0.39, 0.29) is 17.9 Å². The van der Waals surface area contributed by atoms with E-state index in [9.17, 15) is 18.0 Å². The SMILES string of the molecule is C#CCN1C(=O)N=C(N)C1c1cc(F)c(F)cc1F. The van der Waals surface area contributed by atoms with Gasteiger partial charge in [-0.1, -0.05) is 5.92 Å². The predicted molar refractivity (Wildman–Crippen MR) is 61.6 cm³/mol. The van der Waals surface area contributed by atoms with Gasteiger partial charge in [0.15, 0.2) is 11.6 Å². The van der Waals surface area contributed by atoms with E-state index in [1.165, 1.54) is 0 Å². The summed E-state index contributed by atoms with van der Waals surface area (Å²) in [5.41, 5.74) is 5.22. The third kappa shape index (κ3) is 2.12. The monoisotopic (exact) mass is 267 g/mol. The van der Waals surface area contributed by atoms with Crippen LogP contribution >= 0.6 is 0 Å². The number of urea groups is 1. The molecule has 1 aromatic carbocycles. The molecule has 2 amide bonds. The van der Waals surface area contributed by atoms with Gasteiger partial charge < -0.3 is 5.73 Å². The van der Waals surface area contributed by atoms with Gasteiger partial charge in [-0.05, 0) is 6.07 Å². The van der Waals surface area contributed by atoms with Crippen LogP contribution in [0.5, 0.6) is 0 Å². The summed E-state index contributed by atoms with van der Waals surface area (Å²) in [6, 6.07) is -0.850. The number of hydrogen-bond donors (Lipinski definition) is 1. The molecule has 1 unspecified atom stereocenters. The Morgan fingerprint density at radius 2 is 1.95 bits per heavy atom. The van der Waals surface area contributed by atoms with E-state index in [0.717, 1.165) is 4.90 Å². The van der Waals surface area contributed by atoms with Gasteiger partial charge in [0.05, 0.1) is 6.54 Å². The fourth-order valence-corrected chi connectivity index (χ4v) is 1.84. The molecule has 1 heterocycles. The number of amides is 2. The molecule has 2 rings (SSSR count). The van der Waals surface area contributed by atoms with Gasteiger partial charge in [-0.3, -0.25) is 4.90 Å². The van der Waals surface area contributed by atoms with Crippen molar-refractivity contribution in [2.24, 2.45) is 10.7 Å². The van der Waals surface area contributed by atoms with Gasteiger partial charge >= 0.3 is 6.03 Å².